The Balaban J connectivity index is 1.65. The second-order valence-electron chi connectivity index (χ2n) is 5.32. The third-order valence-electron chi connectivity index (χ3n) is 3.84. The van der Waals surface area contributed by atoms with Gasteiger partial charge in [-0.2, -0.15) is 0 Å². The van der Waals surface area contributed by atoms with Gasteiger partial charge in [0, 0.05) is 29.4 Å². The third-order valence-corrected chi connectivity index (χ3v) is 4.17. The van der Waals surface area contributed by atoms with Gasteiger partial charge in [-0.3, -0.25) is 0 Å². The second kappa shape index (κ2) is 5.82. The number of nitrogens with zero attached hydrogens (tertiary/aromatic N) is 1. The summed E-state index contributed by atoms with van der Waals surface area (Å²) in [7, 11) is 0. The van der Waals surface area contributed by atoms with Crippen LogP contribution in [0.4, 0.5) is 4.79 Å². The first-order valence-corrected chi connectivity index (χ1v) is 7.30. The Kier molecular flexibility index (Phi) is 3.88. The van der Waals surface area contributed by atoms with Gasteiger partial charge < -0.3 is 14.7 Å². The van der Waals surface area contributed by atoms with Gasteiger partial charge in [0.05, 0.1) is 6.61 Å². The van der Waals surface area contributed by atoms with Crippen molar-refractivity contribution in [1.82, 2.24) is 4.90 Å². The molecule has 0 aliphatic carbocycles. The van der Waals surface area contributed by atoms with Crippen LogP contribution in [0.25, 0.3) is 10.8 Å². The second-order valence-corrected chi connectivity index (χ2v) is 5.72. The SMILES string of the molecule is O=C(O)N1CCC(COc2ccc3c(Cl)cccc3c2)C1. The molecule has 4 nitrogen and oxygen atoms in total. The first kappa shape index (κ1) is 14.0. The highest BCUT2D eigenvalue weighted by Crippen LogP contribution is 2.27. The number of hydrogen-bond donors (Lipinski definition) is 1. The highest BCUT2D eigenvalue weighted by molar-refractivity contribution is 6.35. The van der Waals surface area contributed by atoms with Crippen molar-refractivity contribution in [2.75, 3.05) is 19.7 Å². The number of benzene rings is 2. The van der Waals surface area contributed by atoms with Crippen molar-refractivity contribution in [3.63, 3.8) is 0 Å². The number of likely N-dealkylation sites (tertiary alicyclic amines) is 1. The summed E-state index contributed by atoms with van der Waals surface area (Å²) < 4.78 is 5.80. The van der Waals surface area contributed by atoms with E-state index in [0.29, 0.717) is 19.7 Å². The fourth-order valence-electron chi connectivity index (χ4n) is 2.67. The number of amides is 1. The van der Waals surface area contributed by atoms with Crippen LogP contribution >= 0.6 is 11.6 Å². The molecule has 1 unspecified atom stereocenters. The van der Waals surface area contributed by atoms with E-state index in [1.807, 2.05) is 36.4 Å². The minimum absolute atomic E-state index is 0.260. The minimum atomic E-state index is -0.849. The molecule has 0 aromatic heterocycles. The zero-order valence-corrected chi connectivity index (χ0v) is 12.2. The number of hydrogen-bond acceptors (Lipinski definition) is 2. The molecule has 3 rings (SSSR count). The standard InChI is InChI=1S/C16H16ClNO3/c17-15-3-1-2-12-8-13(4-5-14(12)15)21-10-11-6-7-18(9-11)16(19)20/h1-5,8,11H,6-7,9-10H2,(H,19,20). The van der Waals surface area contributed by atoms with Gasteiger partial charge in [-0.25, -0.2) is 4.79 Å². The summed E-state index contributed by atoms with van der Waals surface area (Å²) in [6.45, 7) is 1.68. The van der Waals surface area contributed by atoms with Gasteiger partial charge >= 0.3 is 6.09 Å². The average Bonchev–Trinajstić information content (AvgIpc) is 2.94. The van der Waals surface area contributed by atoms with E-state index in [1.54, 1.807) is 0 Å². The Labute approximate surface area is 127 Å². The molecule has 5 heteroatoms. The van der Waals surface area contributed by atoms with Gasteiger partial charge in [-0.05, 0) is 36.1 Å². The van der Waals surface area contributed by atoms with Crippen LogP contribution < -0.4 is 4.74 Å². The largest absolute Gasteiger partial charge is 0.493 e. The summed E-state index contributed by atoms with van der Waals surface area (Å²) in [6, 6.07) is 11.6. The lowest BCUT2D eigenvalue weighted by Gasteiger charge is -2.13. The fourth-order valence-corrected chi connectivity index (χ4v) is 2.91. The van der Waals surface area contributed by atoms with Crippen molar-refractivity contribution in [3.05, 3.63) is 41.4 Å². The van der Waals surface area contributed by atoms with Gasteiger partial charge in [0.1, 0.15) is 5.75 Å². The van der Waals surface area contributed by atoms with E-state index in [-0.39, 0.29) is 5.92 Å². The molecule has 21 heavy (non-hydrogen) atoms. The van der Waals surface area contributed by atoms with Crippen molar-refractivity contribution in [2.45, 2.75) is 6.42 Å². The molecule has 1 amide bonds. The van der Waals surface area contributed by atoms with E-state index in [9.17, 15) is 4.79 Å². The summed E-state index contributed by atoms with van der Waals surface area (Å²) in [5.74, 6) is 1.05. The predicted molar refractivity (Wildman–Crippen MR) is 82.2 cm³/mol. The smallest absolute Gasteiger partial charge is 0.407 e. The van der Waals surface area contributed by atoms with Crippen LogP contribution in [0.5, 0.6) is 5.75 Å². The van der Waals surface area contributed by atoms with Crippen LogP contribution in [0.3, 0.4) is 0 Å². The molecule has 1 aliphatic heterocycles. The Morgan fingerprint density at radius 2 is 2.24 bits per heavy atom. The number of carboxylic acid groups (broad SMARTS) is 1. The zero-order valence-electron chi connectivity index (χ0n) is 11.5. The van der Waals surface area contributed by atoms with Crippen molar-refractivity contribution in [3.8, 4) is 5.75 Å². The van der Waals surface area contributed by atoms with Gasteiger partial charge in [0.25, 0.3) is 0 Å². The monoisotopic (exact) mass is 305 g/mol. The van der Waals surface area contributed by atoms with E-state index in [4.69, 9.17) is 21.4 Å². The molecule has 2 aromatic rings. The molecule has 0 spiro atoms. The van der Waals surface area contributed by atoms with E-state index in [0.717, 1.165) is 28.0 Å². The normalized spacial score (nSPS) is 18.1. The lowest BCUT2D eigenvalue weighted by Crippen LogP contribution is -2.27. The highest BCUT2D eigenvalue weighted by Gasteiger charge is 2.26. The summed E-state index contributed by atoms with van der Waals surface area (Å²) in [5, 5.41) is 11.7. The molecule has 0 saturated carbocycles. The van der Waals surface area contributed by atoms with Crippen molar-refractivity contribution < 1.29 is 14.6 Å². The molecule has 1 N–H and O–H groups in total. The maximum atomic E-state index is 10.9. The number of ether oxygens (including phenoxy) is 1. The van der Waals surface area contributed by atoms with E-state index < -0.39 is 6.09 Å². The maximum absolute atomic E-state index is 10.9. The van der Waals surface area contributed by atoms with Crippen LogP contribution in [-0.2, 0) is 0 Å². The fraction of sp³-hybridized carbons (Fsp3) is 0.312. The van der Waals surface area contributed by atoms with Crippen LogP contribution in [0.1, 0.15) is 6.42 Å². The lowest BCUT2D eigenvalue weighted by atomic mass is 10.1. The quantitative estimate of drug-likeness (QED) is 0.936. The molecule has 1 heterocycles. The van der Waals surface area contributed by atoms with Gasteiger partial charge in [0.15, 0.2) is 0 Å². The Bertz CT molecular complexity index is 674. The van der Waals surface area contributed by atoms with Crippen LogP contribution in [0, 0.1) is 5.92 Å². The summed E-state index contributed by atoms with van der Waals surface area (Å²) in [6.07, 6.45) is 0.00367. The molecule has 1 atom stereocenters. The van der Waals surface area contributed by atoms with Crippen LogP contribution in [-0.4, -0.2) is 35.8 Å². The molecule has 110 valence electrons. The summed E-state index contributed by atoms with van der Waals surface area (Å²) >= 11 is 6.13. The van der Waals surface area contributed by atoms with E-state index in [1.165, 1.54) is 4.90 Å². The highest BCUT2D eigenvalue weighted by atomic mass is 35.5. The van der Waals surface area contributed by atoms with Crippen LogP contribution in [0.15, 0.2) is 36.4 Å². The molecule has 0 radical (unpaired) electrons. The number of fused-ring (bicyclic) bond motifs is 1. The molecule has 1 fully saturated rings. The molecule has 2 aromatic carbocycles. The zero-order chi connectivity index (χ0) is 14.8. The Hall–Kier alpha value is -1.94. The Morgan fingerprint density at radius 3 is 3.00 bits per heavy atom. The first-order valence-electron chi connectivity index (χ1n) is 6.92. The maximum Gasteiger partial charge on any atom is 0.407 e. The minimum Gasteiger partial charge on any atom is -0.493 e. The predicted octanol–water partition coefficient (Wildman–Crippen LogP) is 3.87. The topological polar surface area (TPSA) is 49.8 Å². The summed E-state index contributed by atoms with van der Waals surface area (Å²) in [5.41, 5.74) is 0. The molecule has 0 bridgehead atoms. The first-order chi connectivity index (χ1) is 10.1. The van der Waals surface area contributed by atoms with E-state index >= 15 is 0 Å². The van der Waals surface area contributed by atoms with Crippen molar-refractivity contribution in [2.24, 2.45) is 5.92 Å². The molecule has 1 aliphatic rings. The van der Waals surface area contributed by atoms with Crippen molar-refractivity contribution >= 4 is 28.5 Å². The van der Waals surface area contributed by atoms with Gasteiger partial charge in [0.2, 0.25) is 0 Å². The van der Waals surface area contributed by atoms with Crippen LogP contribution in [0.2, 0.25) is 5.02 Å². The number of rotatable bonds is 3. The summed E-state index contributed by atoms with van der Waals surface area (Å²) in [4.78, 5) is 12.3. The van der Waals surface area contributed by atoms with E-state index in [2.05, 4.69) is 0 Å². The lowest BCUT2D eigenvalue weighted by molar-refractivity contribution is 0.151. The molecular weight excluding hydrogens is 290 g/mol. The molecular formula is C16H16ClNO3. The van der Waals surface area contributed by atoms with Gasteiger partial charge in [-0.1, -0.05) is 23.7 Å². The Morgan fingerprint density at radius 1 is 1.38 bits per heavy atom. The van der Waals surface area contributed by atoms with Crippen molar-refractivity contribution in [1.29, 1.82) is 0 Å². The number of halogens is 1. The third kappa shape index (κ3) is 3.05. The average molecular weight is 306 g/mol. The molecule has 1 saturated heterocycles. The van der Waals surface area contributed by atoms with Gasteiger partial charge in [-0.15, -0.1) is 0 Å². The number of carbonyl (C=O) groups is 1.